The van der Waals surface area contributed by atoms with Crippen LogP contribution in [0.2, 0.25) is 0 Å². The number of carbonyl (C=O) groups is 1. The smallest absolute Gasteiger partial charge is 0.357 e. The second kappa shape index (κ2) is 5.51. The highest BCUT2D eigenvalue weighted by atomic mass is 32.2. The van der Waals surface area contributed by atoms with Gasteiger partial charge in [-0.3, -0.25) is 5.10 Å². The third-order valence-electron chi connectivity index (χ3n) is 3.38. The van der Waals surface area contributed by atoms with Gasteiger partial charge in [-0.15, -0.1) is 0 Å². The zero-order valence-electron chi connectivity index (χ0n) is 11.0. The van der Waals surface area contributed by atoms with Gasteiger partial charge in [0.05, 0.1) is 11.8 Å². The first-order valence-corrected chi connectivity index (χ1v) is 7.78. The SMILES string of the molecule is Cc1[nH]nc(C(=O)O)c1S(=O)(=O)NC1CCC(O)CC1. The molecule has 1 saturated carbocycles. The standard InChI is InChI=1S/C11H17N3O5S/c1-6-10(9(11(16)17)13-12-6)20(18,19)14-7-2-4-8(15)5-3-7/h7-8,14-15H,2-5H2,1H3,(H,12,13)(H,16,17). The van der Waals surface area contributed by atoms with Crippen molar-refractivity contribution in [2.45, 2.75) is 49.6 Å². The maximum Gasteiger partial charge on any atom is 0.357 e. The van der Waals surface area contributed by atoms with E-state index in [0.717, 1.165) is 0 Å². The van der Waals surface area contributed by atoms with Crippen LogP contribution in [0.4, 0.5) is 0 Å². The van der Waals surface area contributed by atoms with E-state index in [1.54, 1.807) is 0 Å². The summed E-state index contributed by atoms with van der Waals surface area (Å²) < 4.78 is 27.1. The summed E-state index contributed by atoms with van der Waals surface area (Å²) in [5, 5.41) is 24.3. The zero-order chi connectivity index (χ0) is 14.9. The lowest BCUT2D eigenvalue weighted by molar-refractivity contribution is 0.0686. The molecule has 1 heterocycles. The molecular formula is C11H17N3O5S. The Kier molecular flexibility index (Phi) is 4.11. The lowest BCUT2D eigenvalue weighted by Gasteiger charge is -2.25. The molecule has 20 heavy (non-hydrogen) atoms. The highest BCUT2D eigenvalue weighted by Gasteiger charge is 2.31. The van der Waals surface area contributed by atoms with Gasteiger partial charge < -0.3 is 10.2 Å². The highest BCUT2D eigenvalue weighted by Crippen LogP contribution is 2.23. The number of nitrogens with zero attached hydrogens (tertiary/aromatic N) is 1. The molecule has 0 unspecified atom stereocenters. The first-order valence-electron chi connectivity index (χ1n) is 6.30. The van der Waals surface area contributed by atoms with E-state index in [1.807, 2.05) is 0 Å². The molecule has 9 heteroatoms. The number of aromatic amines is 1. The number of hydrogen-bond donors (Lipinski definition) is 4. The Morgan fingerprint density at radius 1 is 1.35 bits per heavy atom. The molecule has 0 atom stereocenters. The topological polar surface area (TPSA) is 132 Å². The molecule has 2 rings (SSSR count). The molecule has 1 aromatic rings. The summed E-state index contributed by atoms with van der Waals surface area (Å²) in [4.78, 5) is 10.7. The molecule has 1 fully saturated rings. The van der Waals surface area contributed by atoms with E-state index in [0.29, 0.717) is 25.7 Å². The van der Waals surface area contributed by atoms with Crippen LogP contribution < -0.4 is 4.72 Å². The van der Waals surface area contributed by atoms with Crippen LogP contribution in [0.25, 0.3) is 0 Å². The number of carboxylic acid groups (broad SMARTS) is 1. The van der Waals surface area contributed by atoms with Crippen LogP contribution in [0, 0.1) is 6.92 Å². The Labute approximate surface area is 116 Å². The van der Waals surface area contributed by atoms with Crippen LogP contribution in [-0.2, 0) is 10.0 Å². The van der Waals surface area contributed by atoms with Crippen LogP contribution >= 0.6 is 0 Å². The molecule has 8 nitrogen and oxygen atoms in total. The predicted molar refractivity (Wildman–Crippen MR) is 68.9 cm³/mol. The molecular weight excluding hydrogens is 286 g/mol. The van der Waals surface area contributed by atoms with Gasteiger partial charge in [0.2, 0.25) is 10.0 Å². The highest BCUT2D eigenvalue weighted by molar-refractivity contribution is 7.89. The van der Waals surface area contributed by atoms with E-state index in [4.69, 9.17) is 5.11 Å². The molecule has 0 amide bonds. The van der Waals surface area contributed by atoms with Gasteiger partial charge in [0.25, 0.3) is 0 Å². The molecule has 0 aromatic carbocycles. The molecule has 0 radical (unpaired) electrons. The Morgan fingerprint density at radius 2 is 1.95 bits per heavy atom. The second-order valence-corrected chi connectivity index (χ2v) is 6.61. The number of carboxylic acids is 1. The van der Waals surface area contributed by atoms with Crippen molar-refractivity contribution in [1.82, 2.24) is 14.9 Å². The van der Waals surface area contributed by atoms with Crippen LogP contribution in [-0.4, -0.2) is 46.9 Å². The average molecular weight is 303 g/mol. The van der Waals surface area contributed by atoms with Gasteiger partial charge in [0, 0.05) is 6.04 Å². The average Bonchev–Trinajstić information content (AvgIpc) is 2.75. The van der Waals surface area contributed by atoms with E-state index in [9.17, 15) is 18.3 Å². The largest absolute Gasteiger partial charge is 0.476 e. The summed E-state index contributed by atoms with van der Waals surface area (Å²) in [6.07, 6.45) is 1.73. The van der Waals surface area contributed by atoms with E-state index in [1.165, 1.54) is 6.92 Å². The van der Waals surface area contributed by atoms with Crippen LogP contribution in [0.5, 0.6) is 0 Å². The molecule has 0 saturated heterocycles. The van der Waals surface area contributed by atoms with E-state index in [-0.39, 0.29) is 22.7 Å². The van der Waals surface area contributed by atoms with Gasteiger partial charge in [0.1, 0.15) is 4.90 Å². The Bertz CT molecular complexity index is 602. The zero-order valence-corrected chi connectivity index (χ0v) is 11.8. The summed E-state index contributed by atoms with van der Waals surface area (Å²) in [5.41, 5.74) is -0.323. The normalized spacial score (nSPS) is 23.7. The molecule has 0 aliphatic heterocycles. The number of hydrogen-bond acceptors (Lipinski definition) is 5. The van der Waals surface area contributed by atoms with Gasteiger partial charge in [-0.25, -0.2) is 17.9 Å². The van der Waals surface area contributed by atoms with Crippen LogP contribution in [0.15, 0.2) is 4.90 Å². The van der Waals surface area contributed by atoms with Gasteiger partial charge in [-0.2, -0.15) is 5.10 Å². The van der Waals surface area contributed by atoms with Gasteiger partial charge in [-0.1, -0.05) is 0 Å². The van der Waals surface area contributed by atoms with Crippen molar-refractivity contribution in [3.05, 3.63) is 11.4 Å². The maximum absolute atomic E-state index is 12.3. The number of aryl methyl sites for hydroxylation is 1. The van der Waals surface area contributed by atoms with Crippen LogP contribution in [0.1, 0.15) is 41.9 Å². The number of aromatic nitrogens is 2. The Morgan fingerprint density at radius 3 is 2.50 bits per heavy atom. The molecule has 4 N–H and O–H groups in total. The number of aromatic carboxylic acids is 1. The fraction of sp³-hybridized carbons (Fsp3) is 0.636. The third kappa shape index (κ3) is 3.00. The second-order valence-electron chi connectivity index (χ2n) is 4.96. The Hall–Kier alpha value is -1.45. The first-order chi connectivity index (χ1) is 9.31. The Balaban J connectivity index is 2.23. The van der Waals surface area contributed by atoms with E-state index < -0.39 is 21.7 Å². The minimum absolute atomic E-state index is 0.186. The predicted octanol–water partition coefficient (Wildman–Crippen LogP) is -0.00188. The van der Waals surface area contributed by atoms with Gasteiger partial charge >= 0.3 is 5.97 Å². The number of nitrogens with one attached hydrogen (secondary N) is 2. The molecule has 1 aliphatic carbocycles. The van der Waals surface area contributed by atoms with Crippen molar-refractivity contribution >= 4 is 16.0 Å². The fourth-order valence-corrected chi connectivity index (χ4v) is 3.99. The third-order valence-corrected chi connectivity index (χ3v) is 5.06. The summed E-state index contributed by atoms with van der Waals surface area (Å²) >= 11 is 0. The number of H-pyrrole nitrogens is 1. The first kappa shape index (κ1) is 14.9. The number of aliphatic hydroxyl groups is 1. The summed E-state index contributed by atoms with van der Waals surface area (Å²) in [7, 11) is -3.95. The maximum atomic E-state index is 12.3. The van der Waals surface area contributed by atoms with Crippen molar-refractivity contribution in [2.24, 2.45) is 0 Å². The van der Waals surface area contributed by atoms with Crippen molar-refractivity contribution in [3.8, 4) is 0 Å². The fourth-order valence-electron chi connectivity index (χ4n) is 2.36. The lowest BCUT2D eigenvalue weighted by Crippen LogP contribution is -2.39. The summed E-state index contributed by atoms with van der Waals surface area (Å²) in [6, 6.07) is -0.292. The number of sulfonamides is 1. The van der Waals surface area contributed by atoms with Crippen molar-refractivity contribution < 1.29 is 23.4 Å². The molecule has 112 valence electrons. The van der Waals surface area contributed by atoms with E-state index in [2.05, 4.69) is 14.9 Å². The number of rotatable bonds is 4. The van der Waals surface area contributed by atoms with Crippen molar-refractivity contribution in [1.29, 1.82) is 0 Å². The summed E-state index contributed by atoms with van der Waals surface area (Å²) in [6.45, 7) is 1.46. The quantitative estimate of drug-likeness (QED) is 0.619. The van der Waals surface area contributed by atoms with Crippen molar-refractivity contribution in [3.63, 3.8) is 0 Å². The monoisotopic (exact) mass is 303 g/mol. The minimum atomic E-state index is -3.95. The minimum Gasteiger partial charge on any atom is -0.476 e. The van der Waals surface area contributed by atoms with Crippen molar-refractivity contribution in [2.75, 3.05) is 0 Å². The van der Waals surface area contributed by atoms with E-state index >= 15 is 0 Å². The van der Waals surface area contributed by atoms with Crippen LogP contribution in [0.3, 0.4) is 0 Å². The number of aliphatic hydroxyl groups excluding tert-OH is 1. The molecule has 0 spiro atoms. The molecule has 1 aromatic heterocycles. The molecule has 0 bridgehead atoms. The lowest BCUT2D eigenvalue weighted by atomic mass is 9.94. The van der Waals surface area contributed by atoms with Gasteiger partial charge in [0.15, 0.2) is 5.69 Å². The van der Waals surface area contributed by atoms with Gasteiger partial charge in [-0.05, 0) is 32.6 Å². The molecule has 1 aliphatic rings. The summed E-state index contributed by atoms with van der Waals surface area (Å²) in [5.74, 6) is -1.39.